The first-order valence-corrected chi connectivity index (χ1v) is 7.40. The summed E-state index contributed by atoms with van der Waals surface area (Å²) in [5, 5.41) is 12.4. The van der Waals surface area contributed by atoms with Crippen molar-refractivity contribution in [2.24, 2.45) is 0 Å². The van der Waals surface area contributed by atoms with E-state index in [0.29, 0.717) is 17.9 Å². The number of thioether (sulfide) groups is 1. The van der Waals surface area contributed by atoms with Crippen LogP contribution in [0.25, 0.3) is 0 Å². The van der Waals surface area contributed by atoms with Crippen LogP contribution in [0, 0.1) is 6.92 Å². The lowest BCUT2D eigenvalue weighted by molar-refractivity contribution is -0.115. The third-order valence-corrected chi connectivity index (χ3v) is 4.28. The van der Waals surface area contributed by atoms with Crippen LogP contribution < -0.4 is 11.1 Å². The molecule has 0 fully saturated rings. The van der Waals surface area contributed by atoms with E-state index < -0.39 is 0 Å². The highest BCUT2D eigenvalue weighted by atomic mass is 32.2. The maximum Gasteiger partial charge on any atom is 0.225 e. The zero-order chi connectivity index (χ0) is 14.4. The third-order valence-electron chi connectivity index (χ3n) is 2.92. The fourth-order valence-electron chi connectivity index (χ4n) is 1.46. The molecule has 19 heavy (non-hydrogen) atoms. The van der Waals surface area contributed by atoms with Gasteiger partial charge in [-0.05, 0) is 31.5 Å². The Morgan fingerprint density at radius 3 is 2.79 bits per heavy atom. The van der Waals surface area contributed by atoms with Crippen molar-refractivity contribution in [2.45, 2.75) is 38.5 Å². The number of aryl methyl sites for hydroxylation is 1. The maximum absolute atomic E-state index is 11.8. The van der Waals surface area contributed by atoms with Crippen molar-refractivity contribution in [3.63, 3.8) is 0 Å². The molecule has 2 atom stereocenters. The Morgan fingerprint density at radius 1 is 1.47 bits per heavy atom. The Labute approximate surface area is 118 Å². The molecule has 2 unspecified atom stereocenters. The van der Waals surface area contributed by atoms with E-state index in [-0.39, 0.29) is 17.3 Å². The van der Waals surface area contributed by atoms with Crippen molar-refractivity contribution in [3.8, 4) is 0 Å². The predicted molar refractivity (Wildman–Crippen MR) is 82.4 cm³/mol. The standard InChI is InChI=1S/C14H22N2O2S/c1-9-4-5-12(15)8-13(9)16-14(18)6-7-19-11(3)10(2)17/h4-5,8,10-11,17H,6-7,15H2,1-3H3,(H,16,18). The highest BCUT2D eigenvalue weighted by Crippen LogP contribution is 2.19. The van der Waals surface area contributed by atoms with Crippen molar-refractivity contribution in [2.75, 3.05) is 16.8 Å². The van der Waals surface area contributed by atoms with E-state index in [0.717, 1.165) is 11.3 Å². The Hall–Kier alpha value is -1.20. The van der Waals surface area contributed by atoms with Crippen LogP contribution >= 0.6 is 11.8 Å². The minimum atomic E-state index is -0.357. The molecule has 1 aromatic rings. The number of nitrogens with two attached hydrogens (primary N) is 1. The van der Waals surface area contributed by atoms with Gasteiger partial charge >= 0.3 is 0 Å². The molecule has 4 N–H and O–H groups in total. The van der Waals surface area contributed by atoms with Gasteiger partial charge in [0.25, 0.3) is 0 Å². The van der Waals surface area contributed by atoms with Crippen molar-refractivity contribution >= 4 is 29.0 Å². The molecule has 1 amide bonds. The SMILES string of the molecule is Cc1ccc(N)cc1NC(=O)CCSC(C)C(C)O. The predicted octanol–water partition coefficient (Wildman–Crippen LogP) is 2.41. The summed E-state index contributed by atoms with van der Waals surface area (Å²) in [4.78, 5) is 11.8. The van der Waals surface area contributed by atoms with E-state index in [1.54, 1.807) is 24.8 Å². The van der Waals surface area contributed by atoms with E-state index >= 15 is 0 Å². The number of aliphatic hydroxyl groups excluding tert-OH is 1. The van der Waals surface area contributed by atoms with Gasteiger partial charge in [-0.3, -0.25) is 4.79 Å². The molecule has 0 saturated carbocycles. The van der Waals surface area contributed by atoms with Gasteiger partial charge in [0.1, 0.15) is 0 Å². The molecule has 5 heteroatoms. The van der Waals surface area contributed by atoms with Crippen molar-refractivity contribution in [1.29, 1.82) is 0 Å². The summed E-state index contributed by atoms with van der Waals surface area (Å²) in [7, 11) is 0. The number of hydrogen-bond donors (Lipinski definition) is 3. The molecule has 0 aliphatic carbocycles. The van der Waals surface area contributed by atoms with Gasteiger partial charge in [0.15, 0.2) is 0 Å². The van der Waals surface area contributed by atoms with E-state index in [9.17, 15) is 9.90 Å². The van der Waals surface area contributed by atoms with Crippen molar-refractivity contribution in [1.82, 2.24) is 0 Å². The largest absolute Gasteiger partial charge is 0.399 e. The molecule has 0 saturated heterocycles. The van der Waals surface area contributed by atoms with Crippen LogP contribution in [0.15, 0.2) is 18.2 Å². The molecule has 106 valence electrons. The quantitative estimate of drug-likeness (QED) is 0.700. The smallest absolute Gasteiger partial charge is 0.225 e. The van der Waals surface area contributed by atoms with Crippen LogP contribution in [-0.4, -0.2) is 28.1 Å². The van der Waals surface area contributed by atoms with Crippen LogP contribution in [-0.2, 0) is 4.79 Å². The van der Waals surface area contributed by atoms with Crippen molar-refractivity contribution < 1.29 is 9.90 Å². The number of nitrogen functional groups attached to an aromatic ring is 1. The van der Waals surface area contributed by atoms with Gasteiger partial charge in [-0.2, -0.15) is 11.8 Å². The minimum Gasteiger partial charge on any atom is -0.399 e. The van der Waals surface area contributed by atoms with Gasteiger partial charge < -0.3 is 16.2 Å². The fraction of sp³-hybridized carbons (Fsp3) is 0.500. The number of nitrogens with one attached hydrogen (secondary N) is 1. The summed E-state index contributed by atoms with van der Waals surface area (Å²) >= 11 is 1.60. The minimum absolute atomic E-state index is 0.0287. The maximum atomic E-state index is 11.8. The first-order valence-electron chi connectivity index (χ1n) is 6.35. The van der Waals surface area contributed by atoms with Crippen LogP contribution in [0.3, 0.4) is 0 Å². The summed E-state index contributed by atoms with van der Waals surface area (Å²) in [5.74, 6) is 0.665. The Morgan fingerprint density at radius 2 is 2.16 bits per heavy atom. The molecular weight excluding hydrogens is 260 g/mol. The molecule has 0 radical (unpaired) electrons. The number of aliphatic hydroxyl groups is 1. The first kappa shape index (κ1) is 15.9. The second-order valence-corrected chi connectivity index (χ2v) is 6.17. The lowest BCUT2D eigenvalue weighted by Crippen LogP contribution is -2.18. The molecule has 0 aliphatic heterocycles. The summed E-state index contributed by atoms with van der Waals surface area (Å²) in [6.07, 6.45) is 0.0694. The summed E-state index contributed by atoms with van der Waals surface area (Å²) in [6, 6.07) is 5.46. The topological polar surface area (TPSA) is 75.3 Å². The van der Waals surface area contributed by atoms with E-state index in [4.69, 9.17) is 5.73 Å². The highest BCUT2D eigenvalue weighted by Gasteiger charge is 2.10. The van der Waals surface area contributed by atoms with E-state index in [1.807, 2.05) is 26.0 Å². The fourth-order valence-corrected chi connectivity index (χ4v) is 2.42. The second-order valence-electron chi connectivity index (χ2n) is 4.69. The van der Waals surface area contributed by atoms with E-state index in [2.05, 4.69) is 5.32 Å². The average Bonchev–Trinajstić information content (AvgIpc) is 2.33. The number of hydrogen-bond acceptors (Lipinski definition) is 4. The highest BCUT2D eigenvalue weighted by molar-refractivity contribution is 7.99. The van der Waals surface area contributed by atoms with Gasteiger partial charge in [-0.1, -0.05) is 13.0 Å². The summed E-state index contributed by atoms with van der Waals surface area (Å²) in [5.41, 5.74) is 8.09. The Kier molecular flexibility index (Phi) is 6.18. The Balaban J connectivity index is 2.41. The molecule has 1 aromatic carbocycles. The van der Waals surface area contributed by atoms with E-state index in [1.165, 1.54) is 0 Å². The van der Waals surface area contributed by atoms with Crippen LogP contribution in [0.1, 0.15) is 25.8 Å². The molecule has 0 spiro atoms. The van der Waals surface area contributed by atoms with Crippen LogP contribution in [0.5, 0.6) is 0 Å². The molecule has 0 aliphatic rings. The molecule has 1 rings (SSSR count). The number of benzene rings is 1. The normalized spacial score (nSPS) is 13.9. The molecule has 0 aromatic heterocycles. The Bertz CT molecular complexity index is 435. The summed E-state index contributed by atoms with van der Waals surface area (Å²) < 4.78 is 0. The number of anilines is 2. The van der Waals surface area contributed by atoms with Gasteiger partial charge in [-0.25, -0.2) is 0 Å². The van der Waals surface area contributed by atoms with Crippen molar-refractivity contribution in [3.05, 3.63) is 23.8 Å². The first-order chi connectivity index (χ1) is 8.90. The van der Waals surface area contributed by atoms with Gasteiger partial charge in [0, 0.05) is 28.8 Å². The zero-order valence-electron chi connectivity index (χ0n) is 11.6. The van der Waals surface area contributed by atoms with Crippen LogP contribution in [0.2, 0.25) is 0 Å². The van der Waals surface area contributed by atoms with Gasteiger partial charge in [0.2, 0.25) is 5.91 Å². The molecular formula is C14H22N2O2S. The summed E-state index contributed by atoms with van der Waals surface area (Å²) in [6.45, 7) is 5.64. The van der Waals surface area contributed by atoms with Gasteiger partial charge in [-0.15, -0.1) is 0 Å². The second kappa shape index (κ2) is 7.40. The van der Waals surface area contributed by atoms with Gasteiger partial charge in [0.05, 0.1) is 6.10 Å². The monoisotopic (exact) mass is 282 g/mol. The molecule has 0 heterocycles. The molecule has 4 nitrogen and oxygen atoms in total. The lowest BCUT2D eigenvalue weighted by atomic mass is 10.2. The number of amides is 1. The number of carbonyl (C=O) groups excluding carboxylic acids is 1. The van der Waals surface area contributed by atoms with Crippen LogP contribution in [0.4, 0.5) is 11.4 Å². The average molecular weight is 282 g/mol. The third kappa shape index (κ3) is 5.53. The number of rotatable bonds is 6. The molecule has 0 bridgehead atoms. The zero-order valence-corrected chi connectivity index (χ0v) is 12.5. The lowest BCUT2D eigenvalue weighted by Gasteiger charge is -2.14. The number of carbonyl (C=O) groups is 1.